The third-order valence-electron chi connectivity index (χ3n) is 4.67. The maximum atomic E-state index is 9.94. The van der Waals surface area contributed by atoms with Crippen molar-refractivity contribution in [3.05, 3.63) is 0 Å². The van der Waals surface area contributed by atoms with Gasteiger partial charge in [-0.2, -0.15) is 0 Å². The number of carbonyl (C=O) groups is 8. The van der Waals surface area contributed by atoms with E-state index >= 15 is 0 Å². The Morgan fingerprint density at radius 1 is 0.325 bits per heavy atom. The zero-order chi connectivity index (χ0) is 62.2. The van der Waals surface area contributed by atoms with Gasteiger partial charge in [-0.15, -0.1) is 0 Å². The third kappa shape index (κ3) is 611. The Morgan fingerprint density at radius 2 is 0.403 bits per heavy atom. The summed E-state index contributed by atoms with van der Waals surface area (Å²) in [6.07, 6.45) is 16.3. The maximum Gasteiger partial charge on any atom is 0.300 e. The van der Waals surface area contributed by atoms with Gasteiger partial charge in [0.1, 0.15) is 25.1 Å². The van der Waals surface area contributed by atoms with Gasteiger partial charge in [0.2, 0.25) is 0 Å². The monoisotopic (exact) mass is 1140 g/mol. The SMILES string of the molecule is C.C.C.C.C.CC.CC.CC.CC(=O)O.CC(=O)O.CC(=O)O.CC(=O)O.CCC.CCC.CN.CN.CN.CN.NCCCC[C@@H](N)C=O.NCCCC[C@@H](N)C=O.NCCCC[C@@H](N)C=O.NCCCC[C@@H](N)C=O. The van der Waals surface area contributed by atoms with E-state index in [-0.39, 0.29) is 61.3 Å². The van der Waals surface area contributed by atoms with Gasteiger partial charge in [0.05, 0.1) is 24.2 Å². The van der Waals surface area contributed by atoms with Crippen molar-refractivity contribution in [1.82, 2.24) is 0 Å². The number of unbranched alkanes of at least 4 members (excludes halogenated alkanes) is 4. The zero-order valence-corrected chi connectivity index (χ0v) is 49.3. The Hall–Kier alpha value is -3.92. The topological polar surface area (TPSA) is 530 Å². The molecule has 0 saturated carbocycles. The molecule has 0 aromatic rings. The Bertz CT molecular complexity index is 721. The number of aldehydes is 4. The van der Waals surface area contributed by atoms with E-state index in [4.69, 9.17) is 85.5 Å². The highest BCUT2D eigenvalue weighted by atomic mass is 16.4. The first-order chi connectivity index (χ1) is 34.0. The second-order valence-electron chi connectivity index (χ2n) is 11.8. The zero-order valence-electron chi connectivity index (χ0n) is 49.3. The summed E-state index contributed by atoms with van der Waals surface area (Å²) in [5.41, 5.74) is 60.1. The molecule has 0 saturated heterocycles. The van der Waals surface area contributed by atoms with Crippen LogP contribution in [0.15, 0.2) is 0 Å². The van der Waals surface area contributed by atoms with Crippen LogP contribution < -0.4 is 68.8 Å². The van der Waals surface area contributed by atoms with Crippen LogP contribution in [-0.4, -0.2) is 148 Å². The molecular weight excluding hydrogens is 997 g/mol. The second-order valence-corrected chi connectivity index (χ2v) is 11.8. The van der Waals surface area contributed by atoms with E-state index in [1.54, 1.807) is 0 Å². The minimum Gasteiger partial charge on any atom is -0.481 e. The summed E-state index contributed by atoms with van der Waals surface area (Å²) in [5, 5.41) is 29.7. The Labute approximate surface area is 477 Å². The Morgan fingerprint density at radius 3 is 0.455 bits per heavy atom. The molecule has 0 aromatic carbocycles. The van der Waals surface area contributed by atoms with Gasteiger partial charge in [-0.25, -0.2) is 0 Å². The molecule has 77 heavy (non-hydrogen) atoms. The van der Waals surface area contributed by atoms with Crippen molar-refractivity contribution in [3.8, 4) is 0 Å². The molecule has 0 aromatic heterocycles. The number of carboxylic acids is 4. The molecule has 28 N–H and O–H groups in total. The predicted octanol–water partition coefficient (Wildman–Crippen LogP) is 6.32. The van der Waals surface area contributed by atoms with Crippen molar-refractivity contribution in [2.75, 3.05) is 54.4 Å². The van der Waals surface area contributed by atoms with Gasteiger partial charge in [0.15, 0.2) is 0 Å². The quantitative estimate of drug-likeness (QED) is 0.0468. The van der Waals surface area contributed by atoms with Crippen LogP contribution in [0.1, 0.15) is 224 Å². The molecule has 0 fully saturated rings. The summed E-state index contributed by atoms with van der Waals surface area (Å²) in [6, 6.07) is -1.12. The number of nitrogens with two attached hydrogens (primary N) is 12. The van der Waals surface area contributed by atoms with Crippen LogP contribution in [-0.2, 0) is 38.4 Å². The number of hydrogen-bond acceptors (Lipinski definition) is 20. The van der Waals surface area contributed by atoms with Crippen LogP contribution in [0.2, 0.25) is 0 Å². The van der Waals surface area contributed by atoms with Gasteiger partial charge in [0.25, 0.3) is 23.9 Å². The lowest BCUT2D eigenvalue weighted by Crippen LogP contribution is -2.21. The summed E-state index contributed by atoms with van der Waals surface area (Å²) in [7, 11) is 6.00. The van der Waals surface area contributed by atoms with Gasteiger partial charge >= 0.3 is 0 Å². The number of rotatable bonds is 20. The molecular formula is C53H146N12O12. The molecule has 490 valence electrons. The van der Waals surface area contributed by atoms with Gasteiger partial charge in [-0.05, 0) is 106 Å². The highest BCUT2D eigenvalue weighted by molar-refractivity contribution is 5.63. The van der Waals surface area contributed by atoms with Crippen LogP contribution in [0.5, 0.6) is 0 Å². The molecule has 0 spiro atoms. The largest absolute Gasteiger partial charge is 0.481 e. The maximum absolute atomic E-state index is 9.94. The van der Waals surface area contributed by atoms with Crippen molar-refractivity contribution < 1.29 is 58.8 Å². The molecule has 0 aliphatic rings. The number of aliphatic carboxylic acids is 4. The summed E-state index contributed by atoms with van der Waals surface area (Å²) in [4.78, 5) is 75.8. The van der Waals surface area contributed by atoms with Gasteiger partial charge in [-0.1, -0.05) is 145 Å². The third-order valence-corrected chi connectivity index (χ3v) is 4.67. The fourth-order valence-electron chi connectivity index (χ4n) is 2.37. The van der Waals surface area contributed by atoms with Crippen molar-refractivity contribution in [3.63, 3.8) is 0 Å². The van der Waals surface area contributed by atoms with Crippen LogP contribution in [0.25, 0.3) is 0 Å². The Balaban J connectivity index is -0.0000000215. The van der Waals surface area contributed by atoms with Gasteiger partial charge in [0, 0.05) is 27.7 Å². The van der Waals surface area contributed by atoms with E-state index < -0.39 is 23.9 Å². The molecule has 4 atom stereocenters. The lowest BCUT2D eigenvalue weighted by molar-refractivity contribution is -0.135. The number of carboxylic acid groups (broad SMARTS) is 4. The molecule has 0 amide bonds. The van der Waals surface area contributed by atoms with E-state index in [0.717, 1.165) is 130 Å². The molecule has 0 heterocycles. The van der Waals surface area contributed by atoms with E-state index in [2.05, 4.69) is 50.6 Å². The first-order valence-electron chi connectivity index (χ1n) is 24.7. The van der Waals surface area contributed by atoms with E-state index in [1.165, 1.54) is 41.0 Å². The lowest BCUT2D eigenvalue weighted by Gasteiger charge is -2.00. The fourth-order valence-corrected chi connectivity index (χ4v) is 2.37. The molecule has 0 radical (unpaired) electrons. The highest BCUT2D eigenvalue weighted by Crippen LogP contribution is 1.96. The number of hydrogen-bond donors (Lipinski definition) is 16. The Kier molecular flexibility index (Phi) is 389. The second kappa shape index (κ2) is 206. The van der Waals surface area contributed by atoms with Gasteiger partial charge < -0.3 is 108 Å². The summed E-state index contributed by atoms with van der Waals surface area (Å²) in [6.45, 7) is 27.6. The molecule has 24 heteroatoms. The molecule has 0 unspecified atom stereocenters. The molecule has 0 bridgehead atoms. The standard InChI is InChI=1S/4C6H14N2O.2C3H8.4C2H4O2.3C2H6.4CH5N.5CH4/c4*7-4-2-1-3-6(8)5-9;2*1-3-2;4*1-2(3)4;7*1-2;;;;;/h4*5-6H,1-4,7-8H2;2*3H2,1-2H3;4*1H3,(H,3,4);3*1-2H3;4*2H2,1H3;5*1H4/t4*6-;;;;;;;;;;;;;;;;;;/m1111................../s1. The summed E-state index contributed by atoms with van der Waals surface area (Å²) < 4.78 is 0. The van der Waals surface area contributed by atoms with Gasteiger partial charge in [-0.3, -0.25) is 19.2 Å². The molecule has 24 nitrogen and oxygen atoms in total. The molecule has 0 rings (SSSR count). The first-order valence-corrected chi connectivity index (χ1v) is 24.7. The van der Waals surface area contributed by atoms with Crippen LogP contribution in [0.4, 0.5) is 0 Å². The highest BCUT2D eigenvalue weighted by Gasteiger charge is 1.99. The minimum absolute atomic E-state index is 0. The normalized spacial score (nSPS) is 8.44. The first kappa shape index (κ1) is 146. The smallest absolute Gasteiger partial charge is 0.300 e. The lowest BCUT2D eigenvalue weighted by atomic mass is 10.1. The van der Waals surface area contributed by atoms with E-state index in [0.29, 0.717) is 26.2 Å². The summed E-state index contributed by atoms with van der Waals surface area (Å²) in [5.74, 6) is -3.33. The fraction of sp³-hybridized carbons (Fsp3) is 0.849. The molecule has 0 aliphatic carbocycles. The predicted molar refractivity (Wildman–Crippen MR) is 341 cm³/mol. The van der Waals surface area contributed by atoms with Crippen molar-refractivity contribution in [1.29, 1.82) is 0 Å². The van der Waals surface area contributed by atoms with Crippen LogP contribution in [0.3, 0.4) is 0 Å². The average Bonchev–Trinajstić information content (AvgIpc) is 3.36. The average molecular weight is 1140 g/mol. The van der Waals surface area contributed by atoms with E-state index in [9.17, 15) is 19.2 Å². The molecule has 0 aliphatic heterocycles. The van der Waals surface area contributed by atoms with Crippen molar-refractivity contribution in [2.24, 2.45) is 68.8 Å². The number of carbonyl (C=O) groups excluding carboxylic acids is 4. The van der Waals surface area contributed by atoms with Crippen molar-refractivity contribution in [2.45, 2.75) is 248 Å². The van der Waals surface area contributed by atoms with Crippen LogP contribution >= 0.6 is 0 Å². The summed E-state index contributed by atoms with van der Waals surface area (Å²) >= 11 is 0. The van der Waals surface area contributed by atoms with E-state index in [1.807, 2.05) is 41.5 Å². The van der Waals surface area contributed by atoms with Crippen LogP contribution in [0, 0.1) is 0 Å². The minimum atomic E-state index is -0.833. The van der Waals surface area contributed by atoms with Crippen molar-refractivity contribution >= 4 is 49.0 Å².